The van der Waals surface area contributed by atoms with E-state index in [1.54, 1.807) is 4.90 Å². The maximum atomic E-state index is 13.6. The Balaban J connectivity index is 1.76. The lowest BCUT2D eigenvalue weighted by Crippen LogP contribution is -2.50. The molecule has 1 N–H and O–H groups in total. The second-order valence-corrected chi connectivity index (χ2v) is 9.62. The van der Waals surface area contributed by atoms with Gasteiger partial charge in [-0.05, 0) is 49.9 Å². The SMILES string of the molecule is CCCCNC(=O)C(Cc1ccccc1)N(Cc1ccc(C)cc1)C(=O)CCCOc1ccc(C)cc1. The largest absolute Gasteiger partial charge is 0.494 e. The molecule has 0 saturated carbocycles. The molecule has 0 aliphatic carbocycles. The topological polar surface area (TPSA) is 58.6 Å². The summed E-state index contributed by atoms with van der Waals surface area (Å²) in [6.07, 6.45) is 3.26. The lowest BCUT2D eigenvalue weighted by atomic mass is 10.0. The van der Waals surface area contributed by atoms with Crippen LogP contribution in [-0.2, 0) is 22.6 Å². The Morgan fingerprint density at radius 2 is 1.49 bits per heavy atom. The highest BCUT2D eigenvalue weighted by Gasteiger charge is 2.30. The van der Waals surface area contributed by atoms with Crippen LogP contribution in [0.4, 0.5) is 0 Å². The standard InChI is InChI=1S/C32H40N2O3/c1-4-5-21-33-32(36)30(23-27-10-7-6-8-11-27)34(24-28-17-13-25(2)14-18-28)31(35)12-9-22-37-29-19-15-26(3)16-20-29/h6-8,10-11,13-20,30H,4-5,9,12,21-24H2,1-3H3,(H,33,36). The summed E-state index contributed by atoms with van der Waals surface area (Å²) in [6, 6.07) is 25.4. The van der Waals surface area contributed by atoms with Gasteiger partial charge in [0.05, 0.1) is 6.61 Å². The van der Waals surface area contributed by atoms with E-state index in [9.17, 15) is 9.59 Å². The van der Waals surface area contributed by atoms with Crippen LogP contribution in [-0.4, -0.2) is 35.9 Å². The van der Waals surface area contributed by atoms with Gasteiger partial charge in [0.15, 0.2) is 0 Å². The molecule has 0 aliphatic rings. The van der Waals surface area contributed by atoms with Gasteiger partial charge in [-0.2, -0.15) is 0 Å². The van der Waals surface area contributed by atoms with Crippen molar-refractivity contribution in [3.63, 3.8) is 0 Å². The van der Waals surface area contributed by atoms with Gasteiger partial charge in [0, 0.05) is 25.9 Å². The Labute approximate surface area is 221 Å². The zero-order valence-electron chi connectivity index (χ0n) is 22.4. The summed E-state index contributed by atoms with van der Waals surface area (Å²) in [5.74, 6) is 0.653. The van der Waals surface area contributed by atoms with Crippen molar-refractivity contribution >= 4 is 11.8 Å². The number of benzene rings is 3. The molecule has 3 aromatic rings. The Hall–Kier alpha value is -3.60. The van der Waals surface area contributed by atoms with E-state index in [1.165, 1.54) is 5.56 Å². The van der Waals surface area contributed by atoms with E-state index in [2.05, 4.69) is 12.2 Å². The van der Waals surface area contributed by atoms with Gasteiger partial charge in [-0.25, -0.2) is 0 Å². The van der Waals surface area contributed by atoms with Crippen molar-refractivity contribution in [2.75, 3.05) is 13.2 Å². The minimum absolute atomic E-state index is 0.0420. The van der Waals surface area contributed by atoms with Gasteiger partial charge in [0.25, 0.3) is 0 Å². The van der Waals surface area contributed by atoms with Crippen LogP contribution in [0.1, 0.15) is 54.9 Å². The molecule has 0 fully saturated rings. The van der Waals surface area contributed by atoms with Gasteiger partial charge < -0.3 is 15.0 Å². The number of aryl methyl sites for hydroxylation is 2. The van der Waals surface area contributed by atoms with Gasteiger partial charge in [-0.3, -0.25) is 9.59 Å². The number of ether oxygens (including phenoxy) is 1. The summed E-state index contributed by atoms with van der Waals surface area (Å²) in [5.41, 5.74) is 4.38. The monoisotopic (exact) mass is 500 g/mol. The summed E-state index contributed by atoms with van der Waals surface area (Å²) in [4.78, 5) is 28.8. The smallest absolute Gasteiger partial charge is 0.243 e. The number of hydrogen-bond donors (Lipinski definition) is 1. The van der Waals surface area contributed by atoms with Crippen LogP contribution in [0.2, 0.25) is 0 Å². The van der Waals surface area contributed by atoms with Crippen LogP contribution >= 0.6 is 0 Å². The maximum absolute atomic E-state index is 13.6. The third-order valence-electron chi connectivity index (χ3n) is 6.40. The number of rotatable bonds is 14. The molecule has 37 heavy (non-hydrogen) atoms. The zero-order chi connectivity index (χ0) is 26.5. The molecule has 196 valence electrons. The number of nitrogens with zero attached hydrogens (tertiary/aromatic N) is 1. The fourth-order valence-corrected chi connectivity index (χ4v) is 4.14. The highest BCUT2D eigenvalue weighted by atomic mass is 16.5. The number of unbranched alkanes of at least 4 members (excludes halogenated alkanes) is 1. The lowest BCUT2D eigenvalue weighted by Gasteiger charge is -2.31. The number of hydrogen-bond acceptors (Lipinski definition) is 3. The molecule has 0 saturated heterocycles. The summed E-state index contributed by atoms with van der Waals surface area (Å²) >= 11 is 0. The van der Waals surface area contributed by atoms with Crippen molar-refractivity contribution in [2.24, 2.45) is 0 Å². The molecular weight excluding hydrogens is 460 g/mol. The van der Waals surface area contributed by atoms with Gasteiger partial charge in [0.1, 0.15) is 11.8 Å². The quantitative estimate of drug-likeness (QED) is 0.275. The third kappa shape index (κ3) is 9.41. The summed E-state index contributed by atoms with van der Waals surface area (Å²) in [5, 5.41) is 3.07. The fourth-order valence-electron chi connectivity index (χ4n) is 4.14. The average Bonchev–Trinajstić information content (AvgIpc) is 2.91. The highest BCUT2D eigenvalue weighted by Crippen LogP contribution is 2.18. The predicted molar refractivity (Wildman–Crippen MR) is 149 cm³/mol. The molecule has 3 rings (SSSR count). The minimum Gasteiger partial charge on any atom is -0.494 e. The average molecular weight is 501 g/mol. The first-order valence-corrected chi connectivity index (χ1v) is 13.3. The van der Waals surface area contributed by atoms with Crippen molar-refractivity contribution < 1.29 is 14.3 Å². The molecule has 0 aliphatic heterocycles. The number of carbonyl (C=O) groups is 2. The number of nitrogens with one attached hydrogen (secondary N) is 1. The fraction of sp³-hybridized carbons (Fsp3) is 0.375. The van der Waals surface area contributed by atoms with Crippen LogP contribution in [0.3, 0.4) is 0 Å². The number of carbonyl (C=O) groups excluding carboxylic acids is 2. The van der Waals surface area contributed by atoms with Crippen LogP contribution in [0.5, 0.6) is 5.75 Å². The molecule has 0 aromatic heterocycles. The van der Waals surface area contributed by atoms with Crippen molar-refractivity contribution in [1.29, 1.82) is 0 Å². The normalized spacial score (nSPS) is 11.5. The van der Waals surface area contributed by atoms with E-state index in [0.717, 1.165) is 35.3 Å². The molecule has 5 nitrogen and oxygen atoms in total. The molecule has 0 bridgehead atoms. The molecule has 0 heterocycles. The molecule has 1 unspecified atom stereocenters. The Kier molecular flexibility index (Phi) is 11.2. The third-order valence-corrected chi connectivity index (χ3v) is 6.40. The van der Waals surface area contributed by atoms with Gasteiger partial charge >= 0.3 is 0 Å². The lowest BCUT2D eigenvalue weighted by molar-refractivity contribution is -0.141. The summed E-state index contributed by atoms with van der Waals surface area (Å²) in [6.45, 7) is 7.61. The summed E-state index contributed by atoms with van der Waals surface area (Å²) < 4.78 is 5.84. The first kappa shape index (κ1) is 28.0. The summed E-state index contributed by atoms with van der Waals surface area (Å²) in [7, 11) is 0. The second-order valence-electron chi connectivity index (χ2n) is 9.62. The Morgan fingerprint density at radius 1 is 0.838 bits per heavy atom. The molecule has 1 atom stereocenters. The molecule has 2 amide bonds. The highest BCUT2D eigenvalue weighted by molar-refractivity contribution is 5.88. The first-order valence-electron chi connectivity index (χ1n) is 13.3. The van der Waals surface area contributed by atoms with E-state index in [1.807, 2.05) is 92.7 Å². The van der Waals surface area contributed by atoms with Crippen molar-refractivity contribution in [3.05, 3.63) is 101 Å². The van der Waals surface area contributed by atoms with Crippen molar-refractivity contribution in [1.82, 2.24) is 10.2 Å². The van der Waals surface area contributed by atoms with Gasteiger partial charge in [-0.15, -0.1) is 0 Å². The Bertz CT molecular complexity index is 1100. The molecule has 3 aromatic carbocycles. The Morgan fingerprint density at radius 3 is 2.14 bits per heavy atom. The first-order chi connectivity index (χ1) is 18.0. The van der Waals surface area contributed by atoms with Gasteiger partial charge in [0.2, 0.25) is 11.8 Å². The second kappa shape index (κ2) is 14.8. The van der Waals surface area contributed by atoms with Crippen LogP contribution in [0.15, 0.2) is 78.9 Å². The minimum atomic E-state index is -0.592. The van der Waals surface area contributed by atoms with E-state index in [-0.39, 0.29) is 11.8 Å². The van der Waals surface area contributed by atoms with E-state index in [4.69, 9.17) is 4.74 Å². The molecule has 5 heteroatoms. The zero-order valence-corrected chi connectivity index (χ0v) is 22.4. The van der Waals surface area contributed by atoms with E-state index < -0.39 is 6.04 Å². The van der Waals surface area contributed by atoms with E-state index in [0.29, 0.717) is 39.0 Å². The van der Waals surface area contributed by atoms with Crippen molar-refractivity contribution in [2.45, 2.75) is 65.5 Å². The van der Waals surface area contributed by atoms with Crippen LogP contribution in [0, 0.1) is 13.8 Å². The molecular formula is C32H40N2O3. The van der Waals surface area contributed by atoms with Crippen molar-refractivity contribution in [3.8, 4) is 5.75 Å². The molecule has 0 radical (unpaired) electrons. The molecule has 0 spiro atoms. The van der Waals surface area contributed by atoms with Gasteiger partial charge in [-0.1, -0.05) is 91.2 Å². The predicted octanol–water partition coefficient (Wildman–Crippen LogP) is 6.02. The van der Waals surface area contributed by atoms with Crippen LogP contribution < -0.4 is 10.1 Å². The maximum Gasteiger partial charge on any atom is 0.243 e. The van der Waals surface area contributed by atoms with Crippen LogP contribution in [0.25, 0.3) is 0 Å². The number of amides is 2. The van der Waals surface area contributed by atoms with E-state index >= 15 is 0 Å².